The Morgan fingerprint density at radius 2 is 1.75 bits per heavy atom. The largest absolute Gasteiger partial charge is 0.343 e. The molecule has 2 unspecified atom stereocenters. The number of hydrogen-bond acceptors (Lipinski definition) is 2. The minimum absolute atomic E-state index is 0.121. The molecular formula is C14H26O2. The molecule has 2 atom stereocenters. The van der Waals surface area contributed by atoms with Crippen LogP contribution in [0.25, 0.3) is 0 Å². The van der Waals surface area contributed by atoms with Gasteiger partial charge < -0.3 is 9.47 Å². The van der Waals surface area contributed by atoms with Gasteiger partial charge in [-0.2, -0.15) is 0 Å². The van der Waals surface area contributed by atoms with Crippen molar-refractivity contribution in [2.75, 3.05) is 0 Å². The van der Waals surface area contributed by atoms with Crippen LogP contribution in [0, 0.1) is 5.92 Å². The first-order valence-corrected chi connectivity index (χ1v) is 6.47. The Kier molecular flexibility index (Phi) is 5.50. The molecule has 0 aromatic rings. The lowest BCUT2D eigenvalue weighted by atomic mass is 10.0. The molecule has 1 heterocycles. The molecule has 0 aromatic carbocycles. The van der Waals surface area contributed by atoms with Crippen LogP contribution in [0.2, 0.25) is 0 Å². The van der Waals surface area contributed by atoms with E-state index in [4.69, 9.17) is 9.47 Å². The molecule has 0 bridgehead atoms. The van der Waals surface area contributed by atoms with Crippen molar-refractivity contribution in [3.05, 3.63) is 11.6 Å². The lowest BCUT2D eigenvalue weighted by molar-refractivity contribution is -0.0250. The number of rotatable bonds is 5. The summed E-state index contributed by atoms with van der Waals surface area (Å²) in [7, 11) is 0. The molecule has 0 aliphatic carbocycles. The molecule has 2 nitrogen and oxygen atoms in total. The van der Waals surface area contributed by atoms with Crippen LogP contribution in [0.5, 0.6) is 0 Å². The van der Waals surface area contributed by atoms with Crippen molar-refractivity contribution in [1.29, 1.82) is 0 Å². The molecule has 16 heavy (non-hydrogen) atoms. The first-order valence-electron chi connectivity index (χ1n) is 6.47. The topological polar surface area (TPSA) is 18.5 Å². The van der Waals surface area contributed by atoms with Crippen LogP contribution >= 0.6 is 0 Å². The van der Waals surface area contributed by atoms with E-state index in [1.54, 1.807) is 0 Å². The van der Waals surface area contributed by atoms with E-state index >= 15 is 0 Å². The highest BCUT2D eigenvalue weighted by molar-refractivity contribution is 5.01. The fourth-order valence-corrected chi connectivity index (χ4v) is 1.86. The normalized spacial score (nSPS) is 31.4. The highest BCUT2D eigenvalue weighted by atomic mass is 16.7. The molecule has 1 fully saturated rings. The third kappa shape index (κ3) is 4.67. The number of ether oxygens (including phenoxy) is 2. The second-order valence-corrected chi connectivity index (χ2v) is 5.35. The van der Waals surface area contributed by atoms with Crippen molar-refractivity contribution in [2.45, 2.75) is 72.4 Å². The maximum absolute atomic E-state index is 5.67. The summed E-state index contributed by atoms with van der Waals surface area (Å²) in [4.78, 5) is 0. The Balaban J connectivity index is 2.28. The average Bonchev–Trinajstić information content (AvgIpc) is 2.44. The molecule has 1 aliphatic rings. The molecule has 2 heteroatoms. The highest BCUT2D eigenvalue weighted by Crippen LogP contribution is 2.21. The number of hydrogen-bond donors (Lipinski definition) is 0. The standard InChI is InChI=1S/C14H26O2/c1-10(2)7-6-8-11(3)9-14-15-12(4)13(5)16-14/h9-10,12-14H,6-8H2,1-5H3/b11-9+. The zero-order valence-electron chi connectivity index (χ0n) is 11.3. The van der Waals surface area contributed by atoms with E-state index in [9.17, 15) is 0 Å². The molecule has 0 saturated carbocycles. The maximum atomic E-state index is 5.67. The molecule has 0 aromatic heterocycles. The molecular weight excluding hydrogens is 200 g/mol. The van der Waals surface area contributed by atoms with Crippen molar-refractivity contribution in [3.63, 3.8) is 0 Å². The van der Waals surface area contributed by atoms with Gasteiger partial charge in [0.05, 0.1) is 12.2 Å². The summed E-state index contributed by atoms with van der Waals surface area (Å²) in [5.74, 6) is 0.798. The molecule has 0 spiro atoms. The van der Waals surface area contributed by atoms with Gasteiger partial charge in [-0.15, -0.1) is 0 Å². The minimum Gasteiger partial charge on any atom is -0.343 e. The lowest BCUT2D eigenvalue weighted by Gasteiger charge is -2.08. The molecule has 0 N–H and O–H groups in total. The van der Waals surface area contributed by atoms with Gasteiger partial charge in [0.15, 0.2) is 6.29 Å². The zero-order chi connectivity index (χ0) is 12.1. The van der Waals surface area contributed by atoms with Gasteiger partial charge in [-0.3, -0.25) is 0 Å². The van der Waals surface area contributed by atoms with E-state index in [0.717, 1.165) is 12.3 Å². The molecule has 0 radical (unpaired) electrons. The Bertz CT molecular complexity index is 223. The zero-order valence-corrected chi connectivity index (χ0v) is 11.3. The van der Waals surface area contributed by atoms with Crippen molar-refractivity contribution in [2.24, 2.45) is 5.92 Å². The summed E-state index contributed by atoms with van der Waals surface area (Å²) in [6.07, 6.45) is 6.14. The van der Waals surface area contributed by atoms with Gasteiger partial charge in [0.2, 0.25) is 0 Å². The van der Waals surface area contributed by atoms with Crippen molar-refractivity contribution in [3.8, 4) is 0 Å². The summed E-state index contributed by atoms with van der Waals surface area (Å²) in [6, 6.07) is 0. The van der Waals surface area contributed by atoms with Crippen LogP contribution in [0.3, 0.4) is 0 Å². The SMILES string of the molecule is C/C(=C\C1OC(C)C(C)O1)CCCC(C)C. The Morgan fingerprint density at radius 1 is 1.19 bits per heavy atom. The van der Waals surface area contributed by atoms with Crippen molar-refractivity contribution >= 4 is 0 Å². The van der Waals surface area contributed by atoms with E-state index < -0.39 is 0 Å². The van der Waals surface area contributed by atoms with Crippen LogP contribution in [0.15, 0.2) is 11.6 Å². The van der Waals surface area contributed by atoms with E-state index in [1.807, 2.05) is 0 Å². The monoisotopic (exact) mass is 226 g/mol. The third-order valence-corrected chi connectivity index (χ3v) is 3.13. The Labute approximate surface area is 100 Å². The van der Waals surface area contributed by atoms with Gasteiger partial charge in [-0.1, -0.05) is 25.8 Å². The Hall–Kier alpha value is -0.340. The van der Waals surface area contributed by atoms with E-state index in [1.165, 1.54) is 18.4 Å². The van der Waals surface area contributed by atoms with Gasteiger partial charge in [-0.25, -0.2) is 0 Å². The van der Waals surface area contributed by atoms with E-state index in [2.05, 4.69) is 40.7 Å². The molecule has 1 saturated heterocycles. The van der Waals surface area contributed by atoms with E-state index in [-0.39, 0.29) is 18.5 Å². The minimum atomic E-state index is -0.121. The van der Waals surface area contributed by atoms with Crippen molar-refractivity contribution in [1.82, 2.24) is 0 Å². The highest BCUT2D eigenvalue weighted by Gasteiger charge is 2.27. The molecule has 0 amide bonds. The van der Waals surface area contributed by atoms with Gasteiger partial charge in [0.1, 0.15) is 0 Å². The van der Waals surface area contributed by atoms with Crippen LogP contribution < -0.4 is 0 Å². The second kappa shape index (κ2) is 6.41. The number of allylic oxidation sites excluding steroid dienone is 1. The van der Waals surface area contributed by atoms with E-state index in [0.29, 0.717) is 0 Å². The second-order valence-electron chi connectivity index (χ2n) is 5.35. The van der Waals surface area contributed by atoms with Gasteiger partial charge >= 0.3 is 0 Å². The van der Waals surface area contributed by atoms with Crippen LogP contribution in [0.1, 0.15) is 53.9 Å². The fourth-order valence-electron chi connectivity index (χ4n) is 1.86. The first-order chi connectivity index (χ1) is 7.49. The first kappa shape index (κ1) is 13.7. The maximum Gasteiger partial charge on any atom is 0.177 e. The molecule has 1 rings (SSSR count). The summed E-state index contributed by atoms with van der Waals surface area (Å²) >= 11 is 0. The van der Waals surface area contributed by atoms with Crippen LogP contribution in [0.4, 0.5) is 0 Å². The van der Waals surface area contributed by atoms with Crippen molar-refractivity contribution < 1.29 is 9.47 Å². The summed E-state index contributed by atoms with van der Waals surface area (Å²) in [5.41, 5.74) is 1.38. The molecule has 1 aliphatic heterocycles. The Morgan fingerprint density at radius 3 is 2.25 bits per heavy atom. The third-order valence-electron chi connectivity index (χ3n) is 3.13. The lowest BCUT2D eigenvalue weighted by Crippen LogP contribution is -2.13. The van der Waals surface area contributed by atoms with Gasteiger partial charge in [0.25, 0.3) is 0 Å². The predicted molar refractivity (Wildman–Crippen MR) is 67.3 cm³/mol. The predicted octanol–water partition coefficient (Wildman–Crippen LogP) is 3.91. The summed E-state index contributed by atoms with van der Waals surface area (Å²) in [6.45, 7) is 10.8. The smallest absolute Gasteiger partial charge is 0.177 e. The van der Waals surface area contributed by atoms with Gasteiger partial charge in [-0.05, 0) is 45.6 Å². The van der Waals surface area contributed by atoms with Crippen LogP contribution in [-0.4, -0.2) is 18.5 Å². The average molecular weight is 226 g/mol. The van der Waals surface area contributed by atoms with Gasteiger partial charge in [0, 0.05) is 0 Å². The summed E-state index contributed by atoms with van der Waals surface area (Å²) in [5, 5.41) is 0. The molecule has 94 valence electrons. The quantitative estimate of drug-likeness (QED) is 0.662. The summed E-state index contributed by atoms with van der Waals surface area (Å²) < 4.78 is 11.3. The fraction of sp³-hybridized carbons (Fsp3) is 0.857. The van der Waals surface area contributed by atoms with Crippen LogP contribution in [-0.2, 0) is 9.47 Å².